The Hall–Kier alpha value is -2.11. The van der Waals surface area contributed by atoms with Gasteiger partial charge in [-0.25, -0.2) is 13.1 Å². The summed E-state index contributed by atoms with van der Waals surface area (Å²) in [5.41, 5.74) is 0.525. The lowest BCUT2D eigenvalue weighted by Crippen LogP contribution is -2.33. The summed E-state index contributed by atoms with van der Waals surface area (Å²) in [5.74, 6) is -0.637. The Bertz CT molecular complexity index is 1060. The van der Waals surface area contributed by atoms with Crippen LogP contribution in [0.25, 0.3) is 0 Å². The highest BCUT2D eigenvalue weighted by Crippen LogP contribution is 2.30. The smallest absolute Gasteiger partial charge is 0.257 e. The molecule has 0 bridgehead atoms. The summed E-state index contributed by atoms with van der Waals surface area (Å²) in [4.78, 5) is 12.5. The third-order valence-corrected chi connectivity index (χ3v) is 6.83. The molecule has 0 radical (unpaired) electrons. The predicted molar refractivity (Wildman–Crippen MR) is 108 cm³/mol. The molecule has 1 saturated carbocycles. The number of hydrogen-bond acceptors (Lipinski definition) is 4. The number of carbonyl (C=O) groups excluding carboxylic acids is 1. The van der Waals surface area contributed by atoms with Gasteiger partial charge in [-0.05, 0) is 37.1 Å². The SMILES string of the molecule is N#Cc1ccccc1NC(=O)c1cc(S(=O)(=O)NC2CCCC2)c(Cl)cc1Cl. The predicted octanol–water partition coefficient (Wildman–Crippen LogP) is 4.34. The Kier molecular flexibility index (Phi) is 6.26. The molecule has 2 N–H and O–H groups in total. The van der Waals surface area contributed by atoms with Gasteiger partial charge in [0, 0.05) is 6.04 Å². The molecule has 146 valence electrons. The number of anilines is 1. The van der Waals surface area contributed by atoms with E-state index in [4.69, 9.17) is 28.5 Å². The highest BCUT2D eigenvalue weighted by Gasteiger charge is 2.27. The van der Waals surface area contributed by atoms with Gasteiger partial charge in [-0.15, -0.1) is 0 Å². The number of benzene rings is 2. The van der Waals surface area contributed by atoms with Crippen molar-refractivity contribution < 1.29 is 13.2 Å². The number of nitriles is 1. The van der Waals surface area contributed by atoms with Crippen LogP contribution in [0.1, 0.15) is 41.6 Å². The van der Waals surface area contributed by atoms with Gasteiger partial charge in [-0.3, -0.25) is 4.79 Å². The van der Waals surface area contributed by atoms with E-state index in [1.165, 1.54) is 6.07 Å². The monoisotopic (exact) mass is 437 g/mol. The first-order valence-corrected chi connectivity index (χ1v) is 10.9. The van der Waals surface area contributed by atoms with E-state index >= 15 is 0 Å². The third-order valence-electron chi connectivity index (χ3n) is 4.53. The summed E-state index contributed by atoms with van der Waals surface area (Å²) >= 11 is 12.2. The fourth-order valence-corrected chi connectivity index (χ4v) is 5.28. The molecular weight excluding hydrogens is 421 g/mol. The molecule has 0 heterocycles. The van der Waals surface area contributed by atoms with Gasteiger partial charge in [0.1, 0.15) is 11.0 Å². The molecule has 28 heavy (non-hydrogen) atoms. The fraction of sp³-hybridized carbons (Fsp3) is 0.263. The quantitative estimate of drug-likeness (QED) is 0.726. The zero-order valence-corrected chi connectivity index (χ0v) is 17.0. The van der Waals surface area contributed by atoms with Crippen LogP contribution in [0, 0.1) is 11.3 Å². The second-order valence-electron chi connectivity index (χ2n) is 6.48. The Morgan fingerprint density at radius 1 is 1.11 bits per heavy atom. The van der Waals surface area contributed by atoms with E-state index in [0.29, 0.717) is 5.69 Å². The number of nitrogens with one attached hydrogen (secondary N) is 2. The van der Waals surface area contributed by atoms with Crippen molar-refractivity contribution in [3.63, 3.8) is 0 Å². The molecule has 0 saturated heterocycles. The van der Waals surface area contributed by atoms with Crippen LogP contribution in [-0.4, -0.2) is 20.4 Å². The minimum absolute atomic E-state index is 0.0109. The van der Waals surface area contributed by atoms with Crippen molar-refractivity contribution >= 4 is 44.8 Å². The molecule has 1 aliphatic carbocycles. The van der Waals surface area contributed by atoms with E-state index in [-0.39, 0.29) is 32.1 Å². The summed E-state index contributed by atoms with van der Waals surface area (Å²) in [6.07, 6.45) is 3.46. The molecule has 0 aliphatic heterocycles. The van der Waals surface area contributed by atoms with E-state index in [2.05, 4.69) is 10.0 Å². The lowest BCUT2D eigenvalue weighted by molar-refractivity contribution is 0.102. The van der Waals surface area contributed by atoms with Gasteiger partial charge in [-0.1, -0.05) is 48.2 Å². The zero-order valence-electron chi connectivity index (χ0n) is 14.7. The maximum atomic E-state index is 12.7. The van der Waals surface area contributed by atoms with E-state index in [9.17, 15) is 13.2 Å². The van der Waals surface area contributed by atoms with Crippen LogP contribution in [0.4, 0.5) is 5.69 Å². The Balaban J connectivity index is 1.92. The van der Waals surface area contributed by atoms with Crippen LogP contribution in [0.5, 0.6) is 0 Å². The van der Waals surface area contributed by atoms with Crippen LogP contribution >= 0.6 is 23.2 Å². The molecule has 1 amide bonds. The highest BCUT2D eigenvalue weighted by atomic mass is 35.5. The van der Waals surface area contributed by atoms with Gasteiger partial charge in [0.25, 0.3) is 5.91 Å². The average molecular weight is 438 g/mol. The van der Waals surface area contributed by atoms with Crippen LogP contribution < -0.4 is 10.0 Å². The largest absolute Gasteiger partial charge is 0.321 e. The number of nitrogens with zero attached hydrogens (tertiary/aromatic N) is 1. The summed E-state index contributed by atoms with van der Waals surface area (Å²) < 4.78 is 28.1. The third kappa shape index (κ3) is 4.47. The number of carbonyl (C=O) groups is 1. The van der Waals surface area contributed by atoms with Crippen molar-refractivity contribution in [1.29, 1.82) is 5.26 Å². The van der Waals surface area contributed by atoms with Crippen LogP contribution in [0.2, 0.25) is 10.0 Å². The number of para-hydroxylation sites is 1. The molecular formula is C19H17Cl2N3O3S. The molecule has 6 nitrogen and oxygen atoms in total. The van der Waals surface area contributed by atoms with Gasteiger partial charge in [0.2, 0.25) is 10.0 Å². The van der Waals surface area contributed by atoms with Crippen molar-refractivity contribution in [3.05, 3.63) is 57.6 Å². The number of sulfonamides is 1. The molecule has 3 rings (SSSR count). The van der Waals surface area contributed by atoms with E-state index in [0.717, 1.165) is 31.7 Å². The number of rotatable bonds is 5. The maximum absolute atomic E-state index is 12.7. The first-order valence-electron chi connectivity index (χ1n) is 8.63. The highest BCUT2D eigenvalue weighted by molar-refractivity contribution is 7.89. The van der Waals surface area contributed by atoms with Gasteiger partial charge in [0.05, 0.1) is 26.9 Å². The number of hydrogen-bond donors (Lipinski definition) is 2. The molecule has 1 aliphatic rings. The number of halogens is 2. The molecule has 2 aromatic carbocycles. The van der Waals surface area contributed by atoms with E-state index in [1.807, 2.05) is 6.07 Å². The first kappa shape index (κ1) is 20.6. The topological polar surface area (TPSA) is 99.1 Å². The molecule has 2 aromatic rings. The standard InChI is InChI=1S/C19H17Cl2N3O3S/c20-15-10-16(21)18(28(26,27)24-13-6-2-3-7-13)9-14(15)19(25)23-17-8-4-1-5-12(17)11-22/h1,4-5,8-10,13,24H,2-3,6-7H2,(H,23,25). The first-order chi connectivity index (χ1) is 13.3. The lowest BCUT2D eigenvalue weighted by Gasteiger charge is -2.15. The van der Waals surface area contributed by atoms with Crippen LogP contribution in [-0.2, 0) is 10.0 Å². The number of amides is 1. The maximum Gasteiger partial charge on any atom is 0.257 e. The summed E-state index contributed by atoms with van der Waals surface area (Å²) in [7, 11) is -3.91. The summed E-state index contributed by atoms with van der Waals surface area (Å²) in [6.45, 7) is 0. The van der Waals surface area contributed by atoms with E-state index < -0.39 is 15.9 Å². The average Bonchev–Trinajstić information content (AvgIpc) is 3.14. The zero-order chi connectivity index (χ0) is 20.3. The Morgan fingerprint density at radius 3 is 2.46 bits per heavy atom. The second kappa shape index (κ2) is 8.50. The molecule has 0 atom stereocenters. The lowest BCUT2D eigenvalue weighted by atomic mass is 10.1. The molecule has 9 heteroatoms. The Morgan fingerprint density at radius 2 is 1.79 bits per heavy atom. The molecule has 1 fully saturated rings. The summed E-state index contributed by atoms with van der Waals surface area (Å²) in [5, 5.41) is 11.7. The molecule has 0 unspecified atom stereocenters. The van der Waals surface area contributed by atoms with Crippen molar-refractivity contribution in [3.8, 4) is 6.07 Å². The van der Waals surface area contributed by atoms with Gasteiger partial charge >= 0.3 is 0 Å². The van der Waals surface area contributed by atoms with Gasteiger partial charge in [-0.2, -0.15) is 5.26 Å². The molecule has 0 aromatic heterocycles. The van der Waals surface area contributed by atoms with E-state index in [1.54, 1.807) is 24.3 Å². The minimum Gasteiger partial charge on any atom is -0.321 e. The second-order valence-corrected chi connectivity index (χ2v) is 8.97. The fourth-order valence-electron chi connectivity index (χ4n) is 3.11. The van der Waals surface area contributed by atoms with Crippen molar-refractivity contribution in [2.24, 2.45) is 0 Å². The van der Waals surface area contributed by atoms with Crippen molar-refractivity contribution in [2.45, 2.75) is 36.6 Å². The normalized spacial score (nSPS) is 14.6. The van der Waals surface area contributed by atoms with Gasteiger partial charge < -0.3 is 5.32 Å². The summed E-state index contributed by atoms with van der Waals surface area (Å²) in [6, 6.07) is 10.7. The van der Waals surface area contributed by atoms with Crippen LogP contribution in [0.3, 0.4) is 0 Å². The molecule has 0 spiro atoms. The van der Waals surface area contributed by atoms with Crippen molar-refractivity contribution in [2.75, 3.05) is 5.32 Å². The minimum atomic E-state index is -3.91. The Labute approximate surface area is 173 Å². The van der Waals surface area contributed by atoms with Crippen molar-refractivity contribution in [1.82, 2.24) is 4.72 Å². The van der Waals surface area contributed by atoms with Crippen LogP contribution in [0.15, 0.2) is 41.3 Å². The van der Waals surface area contributed by atoms with Gasteiger partial charge in [0.15, 0.2) is 0 Å².